The van der Waals surface area contributed by atoms with Crippen LogP contribution in [-0.2, 0) is 26.7 Å². The number of fused-ring (bicyclic) bond motifs is 1. The van der Waals surface area contributed by atoms with Crippen LogP contribution in [0.4, 0.5) is 23.4 Å². The number of anilines is 1. The average Bonchev–Trinajstić information content (AvgIpc) is 3.59. The third-order valence-corrected chi connectivity index (χ3v) is 7.80. The van der Waals surface area contributed by atoms with Gasteiger partial charge in [-0.25, -0.2) is 18.7 Å². The molecule has 4 aliphatic rings. The fourth-order valence-corrected chi connectivity index (χ4v) is 5.57. The predicted molar refractivity (Wildman–Crippen MR) is 132 cm³/mol. The highest BCUT2D eigenvalue weighted by Crippen LogP contribution is 2.48. The average molecular weight is 553 g/mol. The molecular weight excluding hydrogens is 520 g/mol. The van der Waals surface area contributed by atoms with Gasteiger partial charge in [0.05, 0.1) is 30.0 Å². The molecule has 1 unspecified atom stereocenters. The second kappa shape index (κ2) is 10.3. The van der Waals surface area contributed by atoms with Gasteiger partial charge in [0.2, 0.25) is 6.17 Å². The molecule has 4 fully saturated rings. The molecule has 2 heterocycles. The van der Waals surface area contributed by atoms with Crippen LogP contribution in [0.15, 0.2) is 18.2 Å². The topological polar surface area (TPSA) is 106 Å². The summed E-state index contributed by atoms with van der Waals surface area (Å²) in [5, 5.41) is 15.6. The predicted octanol–water partition coefficient (Wildman–Crippen LogP) is 4.37. The molecule has 2 atom stereocenters. The zero-order valence-electron chi connectivity index (χ0n) is 21.9. The quantitative estimate of drug-likeness (QED) is 0.397. The number of hydrogen-bond acceptors (Lipinski definition) is 7. The Labute approximate surface area is 223 Å². The summed E-state index contributed by atoms with van der Waals surface area (Å²) in [6, 6.07) is 3.41. The maximum Gasteiger partial charge on any atom is 0.303 e. The van der Waals surface area contributed by atoms with Crippen LogP contribution in [-0.4, -0.2) is 45.8 Å². The summed E-state index contributed by atoms with van der Waals surface area (Å²) in [7, 11) is 0. The van der Waals surface area contributed by atoms with E-state index in [9.17, 15) is 18.7 Å². The largest absolute Gasteiger partial charge is 0.384 e. The number of aryl methyl sites for hydroxylation is 1. The van der Waals surface area contributed by atoms with Crippen LogP contribution in [0, 0.1) is 24.6 Å². The summed E-state index contributed by atoms with van der Waals surface area (Å²) in [6.45, 7) is 3.43. The summed E-state index contributed by atoms with van der Waals surface area (Å²) in [5.41, 5.74) is -3.78. The van der Waals surface area contributed by atoms with Crippen molar-refractivity contribution in [2.75, 3.05) is 18.5 Å². The molecule has 1 aromatic carbocycles. The number of nitrogens with zero attached hydrogens (tertiary/aromatic N) is 2. The first-order valence-corrected chi connectivity index (χ1v) is 13.0. The molecule has 3 N–H and O–H groups in total. The van der Waals surface area contributed by atoms with Gasteiger partial charge in [-0.2, -0.15) is 8.78 Å². The van der Waals surface area contributed by atoms with Crippen LogP contribution in [0.5, 0.6) is 0 Å². The zero-order chi connectivity index (χ0) is 28.1. The lowest BCUT2D eigenvalue weighted by molar-refractivity contribution is -0.170. The number of carbonyl (C=O) groups excluding carboxylic acids is 1. The second-order valence-electron chi connectivity index (χ2n) is 11.1. The highest BCUT2D eigenvalue weighted by molar-refractivity contribution is 5.82. The van der Waals surface area contributed by atoms with Gasteiger partial charge in [0.15, 0.2) is 6.29 Å². The molecule has 1 aromatic heterocycles. The van der Waals surface area contributed by atoms with Crippen molar-refractivity contribution in [2.24, 2.45) is 11.8 Å². The number of carbonyl (C=O) groups is 1. The number of rotatable bonds is 9. The number of halogens is 4. The van der Waals surface area contributed by atoms with Crippen molar-refractivity contribution in [1.29, 1.82) is 0 Å². The van der Waals surface area contributed by atoms with E-state index < -0.39 is 41.3 Å². The van der Waals surface area contributed by atoms with Crippen molar-refractivity contribution in [1.82, 2.24) is 15.3 Å². The lowest BCUT2D eigenvalue weighted by atomic mass is 9.84. The fraction of sp³-hybridized carbons (Fsp3) is 0.593. The number of aromatic nitrogens is 2. The number of ether oxygens (including phenoxy) is 2. The van der Waals surface area contributed by atoms with E-state index >= 15 is 8.78 Å². The van der Waals surface area contributed by atoms with Gasteiger partial charge >= 0.3 is 5.92 Å². The van der Waals surface area contributed by atoms with Crippen LogP contribution < -0.4 is 10.6 Å². The maximum atomic E-state index is 15.7. The molecule has 2 aromatic rings. The number of amides is 1. The Hall–Kier alpha value is -2.83. The molecule has 12 heteroatoms. The van der Waals surface area contributed by atoms with Crippen molar-refractivity contribution in [3.05, 3.63) is 52.2 Å². The van der Waals surface area contributed by atoms with Crippen LogP contribution in [0.1, 0.15) is 73.8 Å². The maximum absolute atomic E-state index is 15.7. The summed E-state index contributed by atoms with van der Waals surface area (Å²) < 4.78 is 71.5. The summed E-state index contributed by atoms with van der Waals surface area (Å²) in [6.07, 6.45) is -0.311. The minimum atomic E-state index is -3.86. The van der Waals surface area contributed by atoms with Crippen molar-refractivity contribution in [2.45, 2.75) is 76.6 Å². The highest BCUT2D eigenvalue weighted by atomic mass is 19.3. The van der Waals surface area contributed by atoms with E-state index in [1.54, 1.807) is 0 Å². The number of aliphatic hydroxyl groups is 1. The van der Waals surface area contributed by atoms with Crippen molar-refractivity contribution in [3.63, 3.8) is 0 Å². The highest BCUT2D eigenvalue weighted by Gasteiger charge is 2.49. The van der Waals surface area contributed by atoms with Crippen molar-refractivity contribution >= 4 is 11.7 Å². The van der Waals surface area contributed by atoms with Crippen molar-refractivity contribution in [3.8, 4) is 0 Å². The molecular formula is C27H32F4N4O4. The Balaban J connectivity index is 1.43. The Kier molecular flexibility index (Phi) is 7.32. The molecule has 3 saturated carbocycles. The van der Waals surface area contributed by atoms with E-state index in [4.69, 9.17) is 9.47 Å². The molecule has 6 rings (SSSR count). The fourth-order valence-electron chi connectivity index (χ4n) is 5.57. The van der Waals surface area contributed by atoms with Gasteiger partial charge in [-0.1, -0.05) is 12.1 Å². The van der Waals surface area contributed by atoms with Crippen LogP contribution in [0.3, 0.4) is 0 Å². The van der Waals surface area contributed by atoms with Crippen LogP contribution in [0.2, 0.25) is 0 Å². The van der Waals surface area contributed by atoms with Crippen LogP contribution in [0.25, 0.3) is 0 Å². The first-order chi connectivity index (χ1) is 18.4. The molecule has 8 nitrogen and oxygen atoms in total. The summed E-state index contributed by atoms with van der Waals surface area (Å²) >= 11 is 0. The smallest absolute Gasteiger partial charge is 0.303 e. The Morgan fingerprint density at radius 2 is 1.87 bits per heavy atom. The van der Waals surface area contributed by atoms with Gasteiger partial charge in [-0.3, -0.25) is 4.79 Å². The molecule has 1 aliphatic heterocycles. The molecule has 0 spiro atoms. The normalized spacial score (nSPS) is 23.9. The SMILES string of the molecule is Cc1nc(NCc2cccc(C(F)(F)C(C)(C)O)c2F)c(C2OCCO2)c(C(F)C(=O)N[C@@H]2CC3CC2C3)n1. The minimum absolute atomic E-state index is 0.0297. The zero-order valence-corrected chi connectivity index (χ0v) is 21.9. The van der Waals surface area contributed by atoms with Gasteiger partial charge in [-0.15, -0.1) is 0 Å². The van der Waals surface area contributed by atoms with E-state index in [1.807, 2.05) is 0 Å². The van der Waals surface area contributed by atoms with E-state index in [0.29, 0.717) is 11.8 Å². The van der Waals surface area contributed by atoms with Gasteiger partial charge in [0, 0.05) is 18.2 Å². The molecule has 1 amide bonds. The first kappa shape index (κ1) is 27.7. The van der Waals surface area contributed by atoms with Gasteiger partial charge in [0.25, 0.3) is 5.91 Å². The summed E-state index contributed by atoms with van der Waals surface area (Å²) in [5.74, 6) is -4.77. The van der Waals surface area contributed by atoms with Crippen molar-refractivity contribution < 1.29 is 36.9 Å². The van der Waals surface area contributed by atoms with Gasteiger partial charge < -0.3 is 25.2 Å². The Morgan fingerprint density at radius 1 is 1.18 bits per heavy atom. The first-order valence-electron chi connectivity index (χ1n) is 13.0. The third-order valence-electron chi connectivity index (χ3n) is 7.80. The summed E-state index contributed by atoms with van der Waals surface area (Å²) in [4.78, 5) is 21.4. The van der Waals surface area contributed by atoms with Gasteiger partial charge in [0.1, 0.15) is 23.1 Å². The standard InChI is InChI=1S/C27H32F4N4O4/c1-13-33-22(21(29)24(36)35-18-11-14-9-16(18)10-14)19(25-38-7-8-39-25)23(34-13)32-12-15-5-4-6-17(20(15)28)27(30,31)26(2,3)37/h4-6,14,16,18,21,25,37H,7-12H2,1-3H3,(H,35,36)(H,32,33,34)/t14?,16?,18-,21?/m1/s1. The molecule has 0 radical (unpaired) electrons. The number of alkyl halides is 3. The van der Waals surface area contributed by atoms with Crippen LogP contribution >= 0.6 is 0 Å². The molecule has 39 heavy (non-hydrogen) atoms. The third kappa shape index (κ3) is 5.21. The molecule has 3 aliphatic carbocycles. The van der Waals surface area contributed by atoms with E-state index in [-0.39, 0.29) is 54.3 Å². The molecule has 2 bridgehead atoms. The van der Waals surface area contributed by atoms with Gasteiger partial charge in [-0.05, 0) is 57.9 Å². The number of hydrogen-bond donors (Lipinski definition) is 3. The number of benzene rings is 1. The van der Waals surface area contributed by atoms with E-state index in [1.165, 1.54) is 19.1 Å². The molecule has 212 valence electrons. The Morgan fingerprint density at radius 3 is 2.49 bits per heavy atom. The number of nitrogens with one attached hydrogen (secondary N) is 2. The lowest BCUT2D eigenvalue weighted by Crippen LogP contribution is -2.41. The van der Waals surface area contributed by atoms with E-state index in [2.05, 4.69) is 20.6 Å². The minimum Gasteiger partial charge on any atom is -0.384 e. The monoisotopic (exact) mass is 552 g/mol. The lowest BCUT2D eigenvalue weighted by Gasteiger charge is -2.30. The Bertz CT molecular complexity index is 1240. The molecule has 1 saturated heterocycles. The second-order valence-corrected chi connectivity index (χ2v) is 11.1. The van der Waals surface area contributed by atoms with E-state index in [0.717, 1.165) is 39.2 Å².